The SMILES string of the molecule is CCN(CC)S(=O)(=O)c1ccc(N/N=C(/C)c2ccccc2Cl)c([N+](=O)[O-])c1. The van der Waals surface area contributed by atoms with E-state index in [2.05, 4.69) is 10.5 Å². The van der Waals surface area contributed by atoms with Gasteiger partial charge in [0.05, 0.1) is 15.5 Å². The second-order valence-corrected chi connectivity index (χ2v) is 8.16. The third-order valence-electron chi connectivity index (χ3n) is 4.12. The molecule has 8 nitrogen and oxygen atoms in total. The number of sulfonamides is 1. The first-order valence-electron chi connectivity index (χ1n) is 8.56. The fraction of sp³-hybridized carbons (Fsp3) is 0.278. The Morgan fingerprint density at radius 1 is 1.21 bits per heavy atom. The minimum absolute atomic E-state index is 0.0786. The zero-order chi connectivity index (χ0) is 20.9. The van der Waals surface area contributed by atoms with Crippen molar-refractivity contribution in [1.29, 1.82) is 0 Å². The highest BCUT2D eigenvalue weighted by atomic mass is 35.5. The highest BCUT2D eigenvalue weighted by Crippen LogP contribution is 2.29. The van der Waals surface area contributed by atoms with Gasteiger partial charge in [-0.05, 0) is 25.1 Å². The molecule has 2 aromatic rings. The van der Waals surface area contributed by atoms with Crippen LogP contribution >= 0.6 is 11.6 Å². The van der Waals surface area contributed by atoms with E-state index in [4.69, 9.17) is 11.6 Å². The molecular weight excluding hydrogens is 404 g/mol. The van der Waals surface area contributed by atoms with Gasteiger partial charge in [-0.3, -0.25) is 15.5 Å². The van der Waals surface area contributed by atoms with Crippen LogP contribution in [0.4, 0.5) is 11.4 Å². The Morgan fingerprint density at radius 2 is 1.86 bits per heavy atom. The number of nitro groups is 1. The van der Waals surface area contributed by atoms with Crippen LogP contribution in [0.5, 0.6) is 0 Å². The lowest BCUT2D eigenvalue weighted by molar-refractivity contribution is -0.384. The molecule has 0 spiro atoms. The molecule has 2 aromatic carbocycles. The van der Waals surface area contributed by atoms with Crippen molar-refractivity contribution in [3.05, 3.63) is 63.2 Å². The Labute approximate surface area is 169 Å². The number of nitro benzene ring substituents is 1. The summed E-state index contributed by atoms with van der Waals surface area (Å²) in [6, 6.07) is 10.8. The van der Waals surface area contributed by atoms with Crippen LogP contribution in [-0.2, 0) is 10.0 Å². The van der Waals surface area contributed by atoms with Crippen molar-refractivity contribution in [3.8, 4) is 0 Å². The molecule has 0 aromatic heterocycles. The molecule has 10 heteroatoms. The number of hydrazone groups is 1. The predicted octanol–water partition coefficient (Wildman–Crippen LogP) is 4.11. The zero-order valence-corrected chi connectivity index (χ0v) is 17.3. The molecule has 0 bridgehead atoms. The van der Waals surface area contributed by atoms with E-state index < -0.39 is 14.9 Å². The standard InChI is InChI=1S/C18H21ClN4O4S/c1-4-22(5-2)28(26,27)14-10-11-17(18(12-14)23(24)25)21-20-13(3)15-8-6-7-9-16(15)19/h6-12,21H,4-5H2,1-3H3/b20-13-. The topological polar surface area (TPSA) is 105 Å². The summed E-state index contributed by atoms with van der Waals surface area (Å²) in [6.45, 7) is 5.66. The van der Waals surface area contributed by atoms with Gasteiger partial charge < -0.3 is 0 Å². The summed E-state index contributed by atoms with van der Waals surface area (Å²) in [5, 5.41) is 16.1. The van der Waals surface area contributed by atoms with E-state index in [1.54, 1.807) is 45.0 Å². The average Bonchev–Trinajstić information content (AvgIpc) is 2.67. The van der Waals surface area contributed by atoms with Crippen molar-refractivity contribution in [3.63, 3.8) is 0 Å². The van der Waals surface area contributed by atoms with E-state index >= 15 is 0 Å². The Morgan fingerprint density at radius 3 is 2.43 bits per heavy atom. The first-order chi connectivity index (χ1) is 13.2. The zero-order valence-electron chi connectivity index (χ0n) is 15.7. The van der Waals surface area contributed by atoms with Crippen molar-refractivity contribution in [1.82, 2.24) is 4.31 Å². The number of anilines is 1. The smallest absolute Gasteiger partial charge is 0.271 e. The number of hydrogen-bond donors (Lipinski definition) is 1. The van der Waals surface area contributed by atoms with E-state index in [9.17, 15) is 18.5 Å². The first kappa shape index (κ1) is 21.8. The Balaban J connectivity index is 2.40. The van der Waals surface area contributed by atoms with Crippen molar-refractivity contribution in [2.45, 2.75) is 25.7 Å². The molecule has 150 valence electrons. The number of hydrogen-bond acceptors (Lipinski definition) is 6. The van der Waals surface area contributed by atoms with E-state index in [1.165, 1.54) is 16.4 Å². The Kier molecular flexibility index (Phi) is 7.11. The van der Waals surface area contributed by atoms with Crippen molar-refractivity contribution in [2.75, 3.05) is 18.5 Å². The third kappa shape index (κ3) is 4.67. The highest BCUT2D eigenvalue weighted by molar-refractivity contribution is 7.89. The lowest BCUT2D eigenvalue weighted by atomic mass is 10.1. The van der Waals surface area contributed by atoms with E-state index in [0.29, 0.717) is 16.3 Å². The Bertz CT molecular complexity index is 1000. The second-order valence-electron chi connectivity index (χ2n) is 5.81. The molecule has 1 N–H and O–H groups in total. The molecule has 0 saturated heterocycles. The molecule has 0 radical (unpaired) electrons. The Hall–Kier alpha value is -2.49. The van der Waals surface area contributed by atoms with E-state index in [1.807, 2.05) is 0 Å². The third-order valence-corrected chi connectivity index (χ3v) is 6.49. The molecule has 0 aliphatic heterocycles. The molecule has 0 heterocycles. The quantitative estimate of drug-likeness (QED) is 0.390. The predicted molar refractivity (Wildman–Crippen MR) is 110 cm³/mol. The van der Waals surface area contributed by atoms with Gasteiger partial charge in [0.1, 0.15) is 5.69 Å². The molecule has 0 aliphatic carbocycles. The van der Waals surface area contributed by atoms with Gasteiger partial charge in [-0.1, -0.05) is 43.6 Å². The van der Waals surface area contributed by atoms with Gasteiger partial charge in [0.25, 0.3) is 5.69 Å². The number of benzene rings is 2. The largest absolute Gasteiger partial charge is 0.295 e. The summed E-state index contributed by atoms with van der Waals surface area (Å²) in [6.07, 6.45) is 0. The monoisotopic (exact) mass is 424 g/mol. The maximum absolute atomic E-state index is 12.6. The normalized spacial score (nSPS) is 12.2. The molecule has 2 rings (SSSR count). The van der Waals surface area contributed by atoms with Crippen LogP contribution in [0, 0.1) is 10.1 Å². The molecule has 0 fully saturated rings. The van der Waals surface area contributed by atoms with Gasteiger partial charge in [0.2, 0.25) is 10.0 Å². The molecule has 0 saturated carbocycles. The van der Waals surface area contributed by atoms with Crippen molar-refractivity contribution < 1.29 is 13.3 Å². The lowest BCUT2D eigenvalue weighted by Crippen LogP contribution is -2.30. The van der Waals surface area contributed by atoms with Crippen LogP contribution in [0.1, 0.15) is 26.3 Å². The number of halogens is 1. The summed E-state index contributed by atoms with van der Waals surface area (Å²) >= 11 is 6.12. The first-order valence-corrected chi connectivity index (χ1v) is 10.4. The fourth-order valence-corrected chi connectivity index (χ4v) is 4.34. The van der Waals surface area contributed by atoms with Gasteiger partial charge in [0.15, 0.2) is 0 Å². The minimum Gasteiger partial charge on any atom is -0.271 e. The van der Waals surface area contributed by atoms with Crippen LogP contribution in [-0.4, -0.2) is 36.4 Å². The molecular formula is C18H21ClN4O4S. The van der Waals surface area contributed by atoms with E-state index in [-0.39, 0.29) is 29.4 Å². The fourth-order valence-electron chi connectivity index (χ4n) is 2.59. The number of nitrogens with one attached hydrogen (secondary N) is 1. The molecule has 0 amide bonds. The summed E-state index contributed by atoms with van der Waals surface area (Å²) in [5.41, 5.74) is 3.54. The van der Waals surface area contributed by atoms with Crippen molar-refractivity contribution in [2.24, 2.45) is 5.10 Å². The maximum Gasteiger partial charge on any atom is 0.295 e. The maximum atomic E-state index is 12.6. The van der Waals surface area contributed by atoms with Crippen LogP contribution in [0.2, 0.25) is 5.02 Å². The number of nitrogens with zero attached hydrogens (tertiary/aromatic N) is 3. The second kappa shape index (κ2) is 9.13. The van der Waals surface area contributed by atoms with Crippen LogP contribution in [0.3, 0.4) is 0 Å². The summed E-state index contributed by atoms with van der Waals surface area (Å²) in [7, 11) is -3.81. The number of rotatable bonds is 8. The molecule has 0 atom stereocenters. The van der Waals surface area contributed by atoms with Crippen LogP contribution in [0.25, 0.3) is 0 Å². The van der Waals surface area contributed by atoms with E-state index in [0.717, 1.165) is 6.07 Å². The van der Waals surface area contributed by atoms with Crippen molar-refractivity contribution >= 4 is 38.7 Å². The minimum atomic E-state index is -3.81. The highest BCUT2D eigenvalue weighted by Gasteiger charge is 2.25. The lowest BCUT2D eigenvalue weighted by Gasteiger charge is -2.18. The molecule has 28 heavy (non-hydrogen) atoms. The van der Waals surface area contributed by atoms with Crippen LogP contribution in [0.15, 0.2) is 52.5 Å². The molecule has 0 aliphatic rings. The summed E-state index contributed by atoms with van der Waals surface area (Å²) in [4.78, 5) is 10.7. The average molecular weight is 425 g/mol. The van der Waals surface area contributed by atoms with Crippen LogP contribution < -0.4 is 5.43 Å². The summed E-state index contributed by atoms with van der Waals surface area (Å²) < 4.78 is 26.5. The van der Waals surface area contributed by atoms with Gasteiger partial charge in [-0.15, -0.1) is 0 Å². The van der Waals surface area contributed by atoms with Gasteiger partial charge in [-0.2, -0.15) is 9.41 Å². The van der Waals surface area contributed by atoms with Gasteiger partial charge in [-0.25, -0.2) is 8.42 Å². The van der Waals surface area contributed by atoms with Gasteiger partial charge in [0, 0.05) is 29.7 Å². The molecule has 0 unspecified atom stereocenters. The van der Waals surface area contributed by atoms with Gasteiger partial charge >= 0.3 is 0 Å². The summed E-state index contributed by atoms with van der Waals surface area (Å²) in [5.74, 6) is 0.